The largest absolute Gasteiger partial charge is 0.0683 e. The van der Waals surface area contributed by atoms with E-state index in [1.54, 1.807) is 0 Å². The molecule has 0 aromatic carbocycles. The lowest BCUT2D eigenvalue weighted by atomic mass is 10.0. The molecule has 0 heterocycles. The van der Waals surface area contributed by atoms with Gasteiger partial charge in [-0.1, -0.05) is 73.1 Å². The molecule has 0 rings (SSSR count). The molecule has 12 heavy (non-hydrogen) atoms. The monoisotopic (exact) mass is 172 g/mol. The standard InChI is InChI=1S/C10H22.C2H6/c1-4-5-6-7-8-9-10(2)3;1-2/h10H,4-9H2,1-3H3;1-2H3. The fraction of sp³-hybridized carbons (Fsp3) is 1.00. The number of hydrogen-bond donors (Lipinski definition) is 0. The summed E-state index contributed by atoms with van der Waals surface area (Å²) in [5.41, 5.74) is 0. The number of unbranched alkanes of at least 4 members (excludes halogenated alkanes) is 4. The van der Waals surface area contributed by atoms with Crippen LogP contribution in [0, 0.1) is 5.92 Å². The first-order chi connectivity index (χ1) is 5.77. The van der Waals surface area contributed by atoms with Gasteiger partial charge in [-0.2, -0.15) is 0 Å². The second kappa shape index (κ2) is 13.6. The SMILES string of the molecule is CC.CCCCCCCC(C)C. The summed E-state index contributed by atoms with van der Waals surface area (Å²) >= 11 is 0. The average molecular weight is 172 g/mol. The van der Waals surface area contributed by atoms with E-state index in [0.29, 0.717) is 0 Å². The Balaban J connectivity index is 0. The van der Waals surface area contributed by atoms with Crippen molar-refractivity contribution in [1.82, 2.24) is 0 Å². The van der Waals surface area contributed by atoms with Gasteiger partial charge in [-0.3, -0.25) is 0 Å². The van der Waals surface area contributed by atoms with Crippen molar-refractivity contribution >= 4 is 0 Å². The molecule has 76 valence electrons. The van der Waals surface area contributed by atoms with Gasteiger partial charge in [0.15, 0.2) is 0 Å². The highest BCUT2D eigenvalue weighted by Gasteiger charge is 1.92. The van der Waals surface area contributed by atoms with Crippen LogP contribution in [0.4, 0.5) is 0 Å². The van der Waals surface area contributed by atoms with Crippen LogP contribution in [0.25, 0.3) is 0 Å². The third-order valence-electron chi connectivity index (χ3n) is 1.89. The van der Waals surface area contributed by atoms with Crippen LogP contribution < -0.4 is 0 Å². The third-order valence-corrected chi connectivity index (χ3v) is 1.89. The van der Waals surface area contributed by atoms with Gasteiger partial charge in [-0.25, -0.2) is 0 Å². The molecule has 0 fully saturated rings. The summed E-state index contributed by atoms with van der Waals surface area (Å²) in [4.78, 5) is 0. The summed E-state index contributed by atoms with van der Waals surface area (Å²) in [5.74, 6) is 0.904. The maximum absolute atomic E-state index is 2.31. The smallest absolute Gasteiger partial charge is 0.0471 e. The zero-order chi connectivity index (χ0) is 9.82. The molecule has 0 amide bonds. The van der Waals surface area contributed by atoms with Crippen molar-refractivity contribution in [2.24, 2.45) is 5.92 Å². The molecule has 0 bridgehead atoms. The molecule has 0 nitrogen and oxygen atoms in total. The molecule has 0 aromatic rings. The highest BCUT2D eigenvalue weighted by atomic mass is 14.0. The minimum absolute atomic E-state index is 0.904. The lowest BCUT2D eigenvalue weighted by Gasteiger charge is -2.02. The van der Waals surface area contributed by atoms with Gasteiger partial charge in [0.2, 0.25) is 0 Å². The van der Waals surface area contributed by atoms with Gasteiger partial charge >= 0.3 is 0 Å². The van der Waals surface area contributed by atoms with Crippen molar-refractivity contribution in [1.29, 1.82) is 0 Å². The van der Waals surface area contributed by atoms with E-state index in [1.165, 1.54) is 38.5 Å². The van der Waals surface area contributed by atoms with E-state index >= 15 is 0 Å². The molecule has 0 aliphatic carbocycles. The van der Waals surface area contributed by atoms with Crippen LogP contribution in [0.1, 0.15) is 73.1 Å². The zero-order valence-electron chi connectivity index (χ0n) is 9.82. The van der Waals surface area contributed by atoms with Gasteiger partial charge in [0.05, 0.1) is 0 Å². The molecule has 0 aliphatic rings. The second-order valence-corrected chi connectivity index (χ2v) is 3.60. The first-order valence-corrected chi connectivity index (χ1v) is 5.77. The lowest BCUT2D eigenvalue weighted by Crippen LogP contribution is -1.86. The van der Waals surface area contributed by atoms with Crippen LogP contribution in [0.5, 0.6) is 0 Å². The Morgan fingerprint density at radius 3 is 1.75 bits per heavy atom. The Kier molecular flexibility index (Phi) is 16.4. The molecule has 0 unspecified atom stereocenters. The van der Waals surface area contributed by atoms with E-state index in [-0.39, 0.29) is 0 Å². The molecule has 0 aromatic heterocycles. The van der Waals surface area contributed by atoms with Crippen LogP contribution in [0.15, 0.2) is 0 Å². The van der Waals surface area contributed by atoms with Gasteiger partial charge in [0, 0.05) is 0 Å². The number of rotatable bonds is 6. The van der Waals surface area contributed by atoms with E-state index in [2.05, 4.69) is 20.8 Å². The van der Waals surface area contributed by atoms with Crippen LogP contribution in [-0.4, -0.2) is 0 Å². The predicted molar refractivity (Wildman–Crippen MR) is 59.6 cm³/mol. The Labute approximate surface area is 79.8 Å². The fourth-order valence-electron chi connectivity index (χ4n) is 1.16. The normalized spacial score (nSPS) is 9.50. The molecular weight excluding hydrogens is 144 g/mol. The van der Waals surface area contributed by atoms with Crippen LogP contribution >= 0.6 is 0 Å². The van der Waals surface area contributed by atoms with Gasteiger partial charge in [0.25, 0.3) is 0 Å². The third kappa shape index (κ3) is 16.5. The van der Waals surface area contributed by atoms with E-state index in [0.717, 1.165) is 5.92 Å². The lowest BCUT2D eigenvalue weighted by molar-refractivity contribution is 0.518. The Bertz CT molecular complexity index is 55.1. The minimum atomic E-state index is 0.904. The Morgan fingerprint density at radius 2 is 1.33 bits per heavy atom. The zero-order valence-corrected chi connectivity index (χ0v) is 9.82. The molecule has 0 atom stereocenters. The predicted octanol–water partition coefficient (Wildman–Crippen LogP) is 5.03. The van der Waals surface area contributed by atoms with Crippen molar-refractivity contribution in [3.63, 3.8) is 0 Å². The van der Waals surface area contributed by atoms with Crippen LogP contribution in [0.2, 0.25) is 0 Å². The van der Waals surface area contributed by atoms with E-state index < -0.39 is 0 Å². The topological polar surface area (TPSA) is 0 Å². The molecule has 0 N–H and O–H groups in total. The van der Waals surface area contributed by atoms with Gasteiger partial charge in [-0.05, 0) is 5.92 Å². The van der Waals surface area contributed by atoms with E-state index in [9.17, 15) is 0 Å². The van der Waals surface area contributed by atoms with Crippen LogP contribution in [0.3, 0.4) is 0 Å². The second-order valence-electron chi connectivity index (χ2n) is 3.60. The van der Waals surface area contributed by atoms with Gasteiger partial charge in [0.1, 0.15) is 0 Å². The first-order valence-electron chi connectivity index (χ1n) is 5.77. The first kappa shape index (κ1) is 14.5. The Morgan fingerprint density at radius 1 is 0.833 bits per heavy atom. The summed E-state index contributed by atoms with van der Waals surface area (Å²) in [6.45, 7) is 10.9. The molecule has 0 aliphatic heterocycles. The fourth-order valence-corrected chi connectivity index (χ4v) is 1.16. The maximum atomic E-state index is 2.31. The van der Waals surface area contributed by atoms with Crippen molar-refractivity contribution in [3.05, 3.63) is 0 Å². The highest BCUT2D eigenvalue weighted by Crippen LogP contribution is 2.09. The maximum Gasteiger partial charge on any atom is -0.0471 e. The summed E-state index contributed by atoms with van der Waals surface area (Å²) < 4.78 is 0. The van der Waals surface area contributed by atoms with Gasteiger partial charge in [-0.15, -0.1) is 0 Å². The van der Waals surface area contributed by atoms with E-state index in [4.69, 9.17) is 0 Å². The molecule has 0 spiro atoms. The quantitative estimate of drug-likeness (QED) is 0.493. The van der Waals surface area contributed by atoms with Crippen molar-refractivity contribution in [3.8, 4) is 0 Å². The van der Waals surface area contributed by atoms with E-state index in [1.807, 2.05) is 13.8 Å². The van der Waals surface area contributed by atoms with Crippen molar-refractivity contribution < 1.29 is 0 Å². The molecular formula is C12H28. The molecule has 0 saturated heterocycles. The Hall–Kier alpha value is 0. The van der Waals surface area contributed by atoms with Crippen LogP contribution in [-0.2, 0) is 0 Å². The molecule has 0 heteroatoms. The summed E-state index contributed by atoms with van der Waals surface area (Å²) in [6.07, 6.45) is 8.55. The average Bonchev–Trinajstić information content (AvgIpc) is 2.07. The van der Waals surface area contributed by atoms with Gasteiger partial charge < -0.3 is 0 Å². The minimum Gasteiger partial charge on any atom is -0.0683 e. The molecule has 0 radical (unpaired) electrons. The summed E-state index contributed by atoms with van der Waals surface area (Å²) in [5, 5.41) is 0. The summed E-state index contributed by atoms with van der Waals surface area (Å²) in [7, 11) is 0. The van der Waals surface area contributed by atoms with Crippen molar-refractivity contribution in [2.75, 3.05) is 0 Å². The summed E-state index contributed by atoms with van der Waals surface area (Å²) in [6, 6.07) is 0. The molecule has 0 saturated carbocycles. The highest BCUT2D eigenvalue weighted by molar-refractivity contribution is 4.46. The van der Waals surface area contributed by atoms with Crippen molar-refractivity contribution in [2.45, 2.75) is 73.1 Å². The number of hydrogen-bond acceptors (Lipinski definition) is 0.